The van der Waals surface area contributed by atoms with Crippen LogP contribution in [0.4, 0.5) is 13.2 Å². The number of ether oxygens (including phenoxy) is 2. The van der Waals surface area contributed by atoms with Crippen molar-refractivity contribution in [3.05, 3.63) is 65.2 Å². The zero-order valence-electron chi connectivity index (χ0n) is 15.8. The summed E-state index contributed by atoms with van der Waals surface area (Å²) in [5.74, 6) is -0.263. The first-order valence-electron chi connectivity index (χ1n) is 8.52. The van der Waals surface area contributed by atoms with Crippen LogP contribution >= 0.6 is 0 Å². The van der Waals surface area contributed by atoms with Gasteiger partial charge in [-0.15, -0.1) is 0 Å². The highest BCUT2D eigenvalue weighted by Gasteiger charge is 2.31. The van der Waals surface area contributed by atoms with Crippen molar-refractivity contribution >= 4 is 5.97 Å². The molecule has 3 nitrogen and oxygen atoms in total. The average Bonchev–Trinajstić information content (AvgIpc) is 2.57. The molecule has 0 bridgehead atoms. The van der Waals surface area contributed by atoms with E-state index in [-0.39, 0.29) is 6.42 Å². The summed E-state index contributed by atoms with van der Waals surface area (Å²) >= 11 is 0. The summed E-state index contributed by atoms with van der Waals surface area (Å²) in [6.07, 6.45) is -4.40. The summed E-state index contributed by atoms with van der Waals surface area (Å²) < 4.78 is 49.2. The van der Waals surface area contributed by atoms with Crippen LogP contribution in [0.15, 0.2) is 48.5 Å². The Balaban J connectivity index is 2.38. The van der Waals surface area contributed by atoms with Gasteiger partial charge in [0.2, 0.25) is 0 Å². The monoisotopic (exact) mass is 380 g/mol. The van der Waals surface area contributed by atoms with Gasteiger partial charge in [-0.05, 0) is 56.2 Å². The summed E-state index contributed by atoms with van der Waals surface area (Å²) in [7, 11) is 1.53. The van der Waals surface area contributed by atoms with Gasteiger partial charge in [0.25, 0.3) is 0 Å². The number of carbonyl (C=O) groups is 1. The topological polar surface area (TPSA) is 35.5 Å². The van der Waals surface area contributed by atoms with Gasteiger partial charge in [0.15, 0.2) is 0 Å². The number of methoxy groups -OCH3 is 1. The van der Waals surface area contributed by atoms with E-state index in [2.05, 4.69) is 0 Å². The summed E-state index contributed by atoms with van der Waals surface area (Å²) in [5, 5.41) is 0. The number of rotatable bonds is 5. The molecule has 0 aromatic heterocycles. The first-order valence-corrected chi connectivity index (χ1v) is 8.52. The standard InChI is InChI=1S/C21H23F3O3/c1-20(2,3)27-19(25)13-18(15-6-5-7-17(12-15)26-4)14-8-10-16(11-9-14)21(22,23)24/h5-12,18H,13H2,1-4H3/t18-/m0/s1. The van der Waals surface area contributed by atoms with E-state index in [4.69, 9.17) is 9.47 Å². The molecule has 0 radical (unpaired) electrons. The van der Waals surface area contributed by atoms with Gasteiger partial charge in [-0.1, -0.05) is 24.3 Å². The number of hydrogen-bond donors (Lipinski definition) is 0. The molecule has 0 amide bonds. The molecule has 0 unspecified atom stereocenters. The summed E-state index contributed by atoms with van der Waals surface area (Å²) in [6.45, 7) is 5.30. The van der Waals surface area contributed by atoms with E-state index in [9.17, 15) is 18.0 Å². The lowest BCUT2D eigenvalue weighted by Gasteiger charge is -2.23. The van der Waals surface area contributed by atoms with Gasteiger partial charge in [0.1, 0.15) is 11.4 Å². The molecule has 0 N–H and O–H groups in total. The van der Waals surface area contributed by atoms with Crippen molar-refractivity contribution in [1.29, 1.82) is 0 Å². The van der Waals surface area contributed by atoms with Crippen LogP contribution in [0.2, 0.25) is 0 Å². The molecular formula is C21H23F3O3. The number of halogens is 3. The third-order valence-electron chi connectivity index (χ3n) is 3.93. The SMILES string of the molecule is COc1cccc([C@@H](CC(=O)OC(C)(C)C)c2ccc(C(F)(F)F)cc2)c1. The molecule has 2 aromatic carbocycles. The molecule has 0 aliphatic heterocycles. The second-order valence-corrected chi connectivity index (χ2v) is 7.24. The Hall–Kier alpha value is -2.50. The lowest BCUT2D eigenvalue weighted by Crippen LogP contribution is -2.25. The number of carbonyl (C=O) groups excluding carboxylic acids is 1. The average molecular weight is 380 g/mol. The van der Waals surface area contributed by atoms with Crippen LogP contribution in [-0.4, -0.2) is 18.7 Å². The van der Waals surface area contributed by atoms with Crippen LogP contribution in [0, 0.1) is 0 Å². The van der Waals surface area contributed by atoms with Crippen LogP contribution in [0.1, 0.15) is 49.8 Å². The minimum atomic E-state index is -4.41. The van der Waals surface area contributed by atoms with Crippen LogP contribution in [-0.2, 0) is 15.7 Å². The van der Waals surface area contributed by atoms with Gasteiger partial charge < -0.3 is 9.47 Å². The Morgan fingerprint density at radius 2 is 1.63 bits per heavy atom. The Labute approximate surface area is 157 Å². The quantitative estimate of drug-likeness (QED) is 0.636. The Morgan fingerprint density at radius 1 is 1.00 bits per heavy atom. The van der Waals surface area contributed by atoms with Crippen molar-refractivity contribution < 1.29 is 27.4 Å². The molecule has 0 heterocycles. The van der Waals surface area contributed by atoms with E-state index >= 15 is 0 Å². The molecule has 0 saturated heterocycles. The fraction of sp³-hybridized carbons (Fsp3) is 0.381. The van der Waals surface area contributed by atoms with Crippen molar-refractivity contribution in [2.45, 2.75) is 44.9 Å². The molecular weight excluding hydrogens is 357 g/mol. The molecule has 0 saturated carbocycles. The summed E-state index contributed by atoms with van der Waals surface area (Å²) in [4.78, 5) is 12.4. The third kappa shape index (κ3) is 6.01. The lowest BCUT2D eigenvalue weighted by atomic mass is 9.88. The van der Waals surface area contributed by atoms with Crippen LogP contribution in [0.3, 0.4) is 0 Å². The highest BCUT2D eigenvalue weighted by Crippen LogP contribution is 2.34. The number of hydrogen-bond acceptors (Lipinski definition) is 3. The molecule has 2 aromatic rings. The van der Waals surface area contributed by atoms with Gasteiger partial charge in [0, 0.05) is 5.92 Å². The summed E-state index contributed by atoms with van der Waals surface area (Å²) in [5.41, 5.74) is -0.00846. The van der Waals surface area contributed by atoms with Gasteiger partial charge in [-0.3, -0.25) is 4.79 Å². The van der Waals surface area contributed by atoms with Crippen LogP contribution in [0.5, 0.6) is 5.75 Å². The van der Waals surface area contributed by atoms with E-state index < -0.39 is 29.2 Å². The van der Waals surface area contributed by atoms with Gasteiger partial charge in [0.05, 0.1) is 19.1 Å². The van der Waals surface area contributed by atoms with Gasteiger partial charge in [-0.2, -0.15) is 13.2 Å². The van der Waals surface area contributed by atoms with Crippen LogP contribution in [0.25, 0.3) is 0 Å². The molecule has 0 aliphatic carbocycles. The number of esters is 1. The van der Waals surface area contributed by atoms with Crippen molar-refractivity contribution in [1.82, 2.24) is 0 Å². The van der Waals surface area contributed by atoms with E-state index in [0.29, 0.717) is 11.3 Å². The third-order valence-corrected chi connectivity index (χ3v) is 3.93. The summed E-state index contributed by atoms with van der Waals surface area (Å²) in [6, 6.07) is 12.0. The van der Waals surface area contributed by atoms with Crippen molar-refractivity contribution in [2.75, 3.05) is 7.11 Å². The molecule has 6 heteroatoms. The molecule has 0 fully saturated rings. The minimum Gasteiger partial charge on any atom is -0.497 e. The first-order chi connectivity index (χ1) is 12.5. The van der Waals surface area contributed by atoms with E-state index in [1.807, 2.05) is 6.07 Å². The second-order valence-electron chi connectivity index (χ2n) is 7.24. The highest BCUT2D eigenvalue weighted by atomic mass is 19.4. The molecule has 0 spiro atoms. The Kier molecular flexibility index (Phi) is 6.19. The minimum absolute atomic E-state index is 0.00972. The van der Waals surface area contributed by atoms with E-state index in [1.165, 1.54) is 19.2 Å². The zero-order valence-corrected chi connectivity index (χ0v) is 15.8. The smallest absolute Gasteiger partial charge is 0.416 e. The molecule has 0 aliphatic rings. The number of alkyl halides is 3. The Bertz CT molecular complexity index is 774. The Morgan fingerprint density at radius 3 is 2.15 bits per heavy atom. The van der Waals surface area contributed by atoms with E-state index in [0.717, 1.165) is 17.7 Å². The van der Waals surface area contributed by atoms with Gasteiger partial charge >= 0.3 is 12.1 Å². The molecule has 1 atom stereocenters. The second kappa shape index (κ2) is 8.03. The van der Waals surface area contributed by atoms with Crippen molar-refractivity contribution in [3.63, 3.8) is 0 Å². The first kappa shape index (κ1) is 20.8. The maximum Gasteiger partial charge on any atom is 0.416 e. The van der Waals surface area contributed by atoms with Crippen molar-refractivity contribution in [2.24, 2.45) is 0 Å². The number of benzene rings is 2. The molecule has 2 rings (SSSR count). The fourth-order valence-corrected chi connectivity index (χ4v) is 2.74. The van der Waals surface area contributed by atoms with Crippen molar-refractivity contribution in [3.8, 4) is 5.75 Å². The largest absolute Gasteiger partial charge is 0.497 e. The van der Waals surface area contributed by atoms with Gasteiger partial charge in [-0.25, -0.2) is 0 Å². The highest BCUT2D eigenvalue weighted by molar-refractivity contribution is 5.72. The fourth-order valence-electron chi connectivity index (χ4n) is 2.74. The maximum atomic E-state index is 12.8. The van der Waals surface area contributed by atoms with Crippen LogP contribution < -0.4 is 4.74 Å². The predicted molar refractivity (Wildman–Crippen MR) is 96.7 cm³/mol. The normalized spacial score (nSPS) is 13.1. The molecule has 27 heavy (non-hydrogen) atoms. The van der Waals surface area contributed by atoms with E-state index in [1.54, 1.807) is 39.0 Å². The maximum absolute atomic E-state index is 12.8. The zero-order chi connectivity index (χ0) is 20.2. The molecule has 146 valence electrons. The lowest BCUT2D eigenvalue weighted by molar-refractivity contribution is -0.155. The predicted octanol–water partition coefficient (Wildman–Crippen LogP) is 5.58.